The van der Waals surface area contributed by atoms with Crippen LogP contribution in [0, 0.1) is 0 Å². The molecule has 0 amide bonds. The fourth-order valence-corrected chi connectivity index (χ4v) is 4.27. The Morgan fingerprint density at radius 3 is 2.32 bits per heavy atom. The number of ether oxygens (including phenoxy) is 1. The third-order valence-electron chi connectivity index (χ3n) is 5.21. The molecule has 5 nitrogen and oxygen atoms in total. The van der Waals surface area contributed by atoms with Crippen LogP contribution in [0.2, 0.25) is 0 Å². The monoisotopic (exact) mass is 465 g/mol. The number of anilines is 1. The van der Waals surface area contributed by atoms with Gasteiger partial charge in [-0.25, -0.2) is 9.19 Å². The SMILES string of the molecule is O=S(/C=C/c1ccccc1)Nc1ccc2nc(Cc3ccc(Oc4ccccc4)cc3)[nH]c2c1. The van der Waals surface area contributed by atoms with Crippen molar-refractivity contribution < 1.29 is 8.95 Å². The van der Waals surface area contributed by atoms with E-state index in [9.17, 15) is 4.21 Å². The Morgan fingerprint density at radius 2 is 1.56 bits per heavy atom. The minimum absolute atomic E-state index is 0.675. The summed E-state index contributed by atoms with van der Waals surface area (Å²) in [5, 5.41) is 1.64. The molecule has 1 heterocycles. The first kappa shape index (κ1) is 21.7. The van der Waals surface area contributed by atoms with Crippen molar-refractivity contribution in [2.45, 2.75) is 6.42 Å². The van der Waals surface area contributed by atoms with E-state index >= 15 is 0 Å². The number of nitrogens with zero attached hydrogens (tertiary/aromatic N) is 1. The highest BCUT2D eigenvalue weighted by molar-refractivity contribution is 7.89. The highest BCUT2D eigenvalue weighted by Gasteiger charge is 2.07. The molecule has 0 aliphatic heterocycles. The third-order valence-corrected chi connectivity index (χ3v) is 6.03. The maximum Gasteiger partial charge on any atom is 0.142 e. The third kappa shape index (κ3) is 5.60. The first-order chi connectivity index (χ1) is 16.7. The highest BCUT2D eigenvalue weighted by atomic mass is 32.2. The lowest BCUT2D eigenvalue weighted by Gasteiger charge is -2.06. The number of imidazole rings is 1. The Bertz CT molecular complexity index is 1430. The summed E-state index contributed by atoms with van der Waals surface area (Å²) in [7, 11) is -1.33. The molecule has 0 saturated carbocycles. The molecule has 6 heteroatoms. The van der Waals surface area contributed by atoms with Crippen LogP contribution in [-0.4, -0.2) is 14.2 Å². The lowest BCUT2D eigenvalue weighted by molar-refractivity contribution is 0.482. The molecular formula is C28H23N3O2S. The second kappa shape index (κ2) is 10.2. The predicted molar refractivity (Wildman–Crippen MR) is 139 cm³/mol. The molecule has 2 N–H and O–H groups in total. The molecule has 168 valence electrons. The van der Waals surface area contributed by atoms with Crippen LogP contribution in [0.15, 0.2) is 109 Å². The fourth-order valence-electron chi connectivity index (χ4n) is 3.56. The summed E-state index contributed by atoms with van der Waals surface area (Å²) in [6.07, 6.45) is 2.51. The second-order valence-corrected chi connectivity index (χ2v) is 8.84. The van der Waals surface area contributed by atoms with Crippen LogP contribution in [0.4, 0.5) is 5.69 Å². The van der Waals surface area contributed by atoms with E-state index in [1.165, 1.54) is 0 Å². The Kier molecular flexibility index (Phi) is 6.49. The number of para-hydroxylation sites is 1. The molecule has 5 aromatic rings. The summed E-state index contributed by atoms with van der Waals surface area (Å²) in [6, 6.07) is 33.3. The number of fused-ring (bicyclic) bond motifs is 1. The average Bonchev–Trinajstić information content (AvgIpc) is 3.27. The van der Waals surface area contributed by atoms with Gasteiger partial charge < -0.3 is 14.4 Å². The number of benzene rings is 4. The van der Waals surface area contributed by atoms with Crippen LogP contribution >= 0.6 is 0 Å². The van der Waals surface area contributed by atoms with Gasteiger partial charge >= 0.3 is 0 Å². The zero-order valence-corrected chi connectivity index (χ0v) is 19.2. The van der Waals surface area contributed by atoms with Crippen molar-refractivity contribution in [2.75, 3.05) is 4.72 Å². The first-order valence-electron chi connectivity index (χ1n) is 10.9. The van der Waals surface area contributed by atoms with Gasteiger partial charge in [0.1, 0.15) is 28.3 Å². The van der Waals surface area contributed by atoms with Gasteiger partial charge in [0.25, 0.3) is 0 Å². The van der Waals surface area contributed by atoms with E-state index in [2.05, 4.69) is 9.71 Å². The molecule has 0 spiro atoms. The second-order valence-electron chi connectivity index (χ2n) is 7.76. The van der Waals surface area contributed by atoms with E-state index < -0.39 is 11.0 Å². The quantitative estimate of drug-likeness (QED) is 0.268. The fraction of sp³-hybridized carbons (Fsp3) is 0.0357. The van der Waals surface area contributed by atoms with Gasteiger partial charge in [0.05, 0.1) is 11.0 Å². The summed E-state index contributed by atoms with van der Waals surface area (Å²) in [6.45, 7) is 0. The minimum atomic E-state index is -1.33. The first-order valence-corrected chi connectivity index (χ1v) is 12.1. The van der Waals surface area contributed by atoms with Crippen molar-refractivity contribution in [1.29, 1.82) is 0 Å². The molecule has 5 rings (SSSR count). The number of hydrogen-bond donors (Lipinski definition) is 2. The topological polar surface area (TPSA) is 67.0 Å². The van der Waals surface area contributed by atoms with E-state index in [-0.39, 0.29) is 0 Å². The predicted octanol–water partition coefficient (Wildman–Crippen LogP) is 6.69. The van der Waals surface area contributed by atoms with E-state index in [0.717, 1.165) is 45.2 Å². The summed E-state index contributed by atoms with van der Waals surface area (Å²) < 4.78 is 21.3. The molecule has 0 radical (unpaired) electrons. The highest BCUT2D eigenvalue weighted by Crippen LogP contribution is 2.23. The van der Waals surface area contributed by atoms with Gasteiger partial charge in [0, 0.05) is 17.5 Å². The zero-order chi connectivity index (χ0) is 23.2. The van der Waals surface area contributed by atoms with Crippen molar-refractivity contribution >= 4 is 33.8 Å². The summed E-state index contributed by atoms with van der Waals surface area (Å²) >= 11 is 0. The number of hydrogen-bond acceptors (Lipinski definition) is 3. The Hall–Kier alpha value is -4.16. The van der Waals surface area contributed by atoms with Gasteiger partial charge in [0.15, 0.2) is 0 Å². The lowest BCUT2D eigenvalue weighted by Crippen LogP contribution is -2.00. The van der Waals surface area contributed by atoms with E-state index in [0.29, 0.717) is 6.42 Å². The van der Waals surface area contributed by atoms with Gasteiger partial charge in [0.2, 0.25) is 0 Å². The number of nitrogens with one attached hydrogen (secondary N) is 2. The van der Waals surface area contributed by atoms with Crippen molar-refractivity contribution in [1.82, 2.24) is 9.97 Å². The van der Waals surface area contributed by atoms with Crippen molar-refractivity contribution in [2.24, 2.45) is 0 Å². The Morgan fingerprint density at radius 1 is 0.853 bits per heavy atom. The minimum Gasteiger partial charge on any atom is -0.457 e. The zero-order valence-electron chi connectivity index (χ0n) is 18.3. The number of H-pyrrole nitrogens is 1. The smallest absolute Gasteiger partial charge is 0.142 e. The lowest BCUT2D eigenvalue weighted by atomic mass is 10.1. The molecule has 0 aliphatic carbocycles. The Balaban J connectivity index is 1.23. The van der Waals surface area contributed by atoms with Gasteiger partial charge in [-0.3, -0.25) is 0 Å². The molecule has 1 atom stereocenters. The molecule has 0 aliphatic rings. The normalized spacial score (nSPS) is 12.1. The molecule has 1 aromatic heterocycles. The molecule has 1 unspecified atom stereocenters. The van der Waals surface area contributed by atoms with Crippen molar-refractivity contribution in [3.63, 3.8) is 0 Å². The summed E-state index contributed by atoms with van der Waals surface area (Å²) in [5.41, 5.74) is 4.67. The molecular weight excluding hydrogens is 442 g/mol. The van der Waals surface area contributed by atoms with Crippen LogP contribution in [0.3, 0.4) is 0 Å². The van der Waals surface area contributed by atoms with E-state index in [4.69, 9.17) is 9.72 Å². The average molecular weight is 466 g/mol. The van der Waals surface area contributed by atoms with Crippen LogP contribution in [0.1, 0.15) is 17.0 Å². The largest absolute Gasteiger partial charge is 0.457 e. The number of rotatable bonds is 8. The van der Waals surface area contributed by atoms with E-state index in [1.54, 1.807) is 5.41 Å². The summed E-state index contributed by atoms with van der Waals surface area (Å²) in [4.78, 5) is 8.06. The van der Waals surface area contributed by atoms with E-state index in [1.807, 2.05) is 109 Å². The molecule has 0 bridgehead atoms. The summed E-state index contributed by atoms with van der Waals surface area (Å²) in [5.74, 6) is 2.48. The number of aromatic amines is 1. The Labute approximate surface area is 200 Å². The van der Waals surface area contributed by atoms with Gasteiger partial charge in [-0.2, -0.15) is 0 Å². The molecule has 0 fully saturated rings. The van der Waals surface area contributed by atoms with Crippen LogP contribution in [0.25, 0.3) is 17.1 Å². The van der Waals surface area contributed by atoms with Crippen LogP contribution < -0.4 is 9.46 Å². The van der Waals surface area contributed by atoms with Crippen LogP contribution in [-0.2, 0) is 17.4 Å². The van der Waals surface area contributed by atoms with Gasteiger partial charge in [-0.15, -0.1) is 0 Å². The van der Waals surface area contributed by atoms with Gasteiger partial charge in [-0.05, 0) is 59.7 Å². The number of aromatic nitrogens is 2. The molecule has 4 aromatic carbocycles. The molecule has 0 saturated heterocycles. The maximum atomic E-state index is 12.4. The van der Waals surface area contributed by atoms with Crippen molar-refractivity contribution in [3.8, 4) is 11.5 Å². The molecule has 34 heavy (non-hydrogen) atoms. The van der Waals surface area contributed by atoms with Crippen LogP contribution in [0.5, 0.6) is 11.5 Å². The standard InChI is InChI=1S/C28H23N3O2S/c32-34(18-17-21-7-3-1-4-8-21)31-23-13-16-26-27(20-23)30-28(29-26)19-22-11-14-25(15-12-22)33-24-9-5-2-6-10-24/h1-18,20,31H,19H2,(H,29,30)/b18-17+. The van der Waals surface area contributed by atoms with Crippen molar-refractivity contribution in [3.05, 3.63) is 125 Å². The van der Waals surface area contributed by atoms with Gasteiger partial charge in [-0.1, -0.05) is 60.7 Å². The maximum absolute atomic E-state index is 12.4.